The molecular weight excluding hydrogens is 196 g/mol. The molecular formula is C15H22O. The Balaban J connectivity index is 1.81. The van der Waals surface area contributed by atoms with Crippen LogP contribution < -0.4 is 4.74 Å². The second-order valence-corrected chi connectivity index (χ2v) is 4.90. The van der Waals surface area contributed by atoms with Crippen molar-refractivity contribution in [2.24, 2.45) is 0 Å². The van der Waals surface area contributed by atoms with Crippen molar-refractivity contribution in [2.45, 2.75) is 58.5 Å². The van der Waals surface area contributed by atoms with Crippen molar-refractivity contribution in [3.05, 3.63) is 29.3 Å². The monoisotopic (exact) mass is 218 g/mol. The maximum Gasteiger partial charge on any atom is 0.123 e. The topological polar surface area (TPSA) is 9.23 Å². The zero-order valence-corrected chi connectivity index (χ0v) is 10.5. The number of aryl methyl sites for hydroxylation is 1. The van der Waals surface area contributed by atoms with Crippen molar-refractivity contribution >= 4 is 0 Å². The SMILES string of the molecule is CCCCCCC1Cc2cc(C)ccc2O1. The van der Waals surface area contributed by atoms with Gasteiger partial charge in [0.05, 0.1) is 0 Å². The van der Waals surface area contributed by atoms with Crippen molar-refractivity contribution in [3.8, 4) is 5.75 Å². The normalized spacial score (nSPS) is 18.2. The van der Waals surface area contributed by atoms with Crippen LogP contribution in [0.3, 0.4) is 0 Å². The van der Waals surface area contributed by atoms with Crippen molar-refractivity contribution < 1.29 is 4.74 Å². The van der Waals surface area contributed by atoms with E-state index in [1.54, 1.807) is 0 Å². The lowest BCUT2D eigenvalue weighted by Gasteiger charge is -2.09. The van der Waals surface area contributed by atoms with E-state index in [1.807, 2.05) is 0 Å². The fourth-order valence-corrected chi connectivity index (χ4v) is 2.41. The summed E-state index contributed by atoms with van der Waals surface area (Å²) < 4.78 is 5.94. The number of hydrogen-bond acceptors (Lipinski definition) is 1. The Bertz CT molecular complexity index is 343. The van der Waals surface area contributed by atoms with Gasteiger partial charge in [-0.1, -0.05) is 43.9 Å². The molecule has 0 N–H and O–H groups in total. The Morgan fingerprint density at radius 1 is 1.25 bits per heavy atom. The Morgan fingerprint density at radius 2 is 2.12 bits per heavy atom. The van der Waals surface area contributed by atoms with Gasteiger partial charge in [-0.3, -0.25) is 0 Å². The number of fused-ring (bicyclic) bond motifs is 1. The standard InChI is InChI=1S/C15H22O/c1-3-4-5-6-7-14-11-13-10-12(2)8-9-15(13)16-14/h8-10,14H,3-7,11H2,1-2H3. The first-order valence-electron chi connectivity index (χ1n) is 6.56. The molecule has 16 heavy (non-hydrogen) atoms. The number of ether oxygens (including phenoxy) is 1. The summed E-state index contributed by atoms with van der Waals surface area (Å²) >= 11 is 0. The number of hydrogen-bond donors (Lipinski definition) is 0. The summed E-state index contributed by atoms with van der Waals surface area (Å²) in [6, 6.07) is 6.52. The molecule has 0 spiro atoms. The van der Waals surface area contributed by atoms with Crippen LogP contribution in [0.5, 0.6) is 5.75 Å². The maximum absolute atomic E-state index is 5.94. The highest BCUT2D eigenvalue weighted by Gasteiger charge is 2.21. The molecule has 1 aliphatic rings. The van der Waals surface area contributed by atoms with Crippen molar-refractivity contribution in [1.29, 1.82) is 0 Å². The second-order valence-electron chi connectivity index (χ2n) is 4.90. The van der Waals surface area contributed by atoms with Crippen molar-refractivity contribution in [2.75, 3.05) is 0 Å². The van der Waals surface area contributed by atoms with Gasteiger partial charge < -0.3 is 4.74 Å². The first kappa shape index (κ1) is 11.5. The molecule has 1 heterocycles. The lowest BCUT2D eigenvalue weighted by atomic mass is 10.0. The molecule has 0 aromatic heterocycles. The number of unbranched alkanes of at least 4 members (excludes halogenated alkanes) is 3. The van der Waals surface area contributed by atoms with Crippen LogP contribution in [0, 0.1) is 6.92 Å². The van der Waals surface area contributed by atoms with Gasteiger partial charge >= 0.3 is 0 Å². The fourth-order valence-electron chi connectivity index (χ4n) is 2.41. The third kappa shape index (κ3) is 2.78. The van der Waals surface area contributed by atoms with Gasteiger partial charge in [0.15, 0.2) is 0 Å². The highest BCUT2D eigenvalue weighted by atomic mass is 16.5. The molecule has 1 atom stereocenters. The largest absolute Gasteiger partial charge is 0.490 e. The Kier molecular flexibility index (Phi) is 3.87. The average Bonchev–Trinajstić information content (AvgIpc) is 2.66. The van der Waals surface area contributed by atoms with Crippen LogP contribution in [0.25, 0.3) is 0 Å². The van der Waals surface area contributed by atoms with Crippen LogP contribution in [0.4, 0.5) is 0 Å². The minimum absolute atomic E-state index is 0.439. The summed E-state index contributed by atoms with van der Waals surface area (Å²) in [5, 5.41) is 0. The molecule has 2 rings (SSSR count). The summed E-state index contributed by atoms with van der Waals surface area (Å²) in [7, 11) is 0. The third-order valence-electron chi connectivity index (χ3n) is 3.34. The van der Waals surface area contributed by atoms with E-state index in [9.17, 15) is 0 Å². The van der Waals surface area contributed by atoms with Gasteiger partial charge in [-0.2, -0.15) is 0 Å². The molecule has 88 valence electrons. The highest BCUT2D eigenvalue weighted by molar-refractivity contribution is 5.40. The van der Waals surface area contributed by atoms with Crippen LogP contribution >= 0.6 is 0 Å². The Morgan fingerprint density at radius 3 is 2.94 bits per heavy atom. The first-order chi connectivity index (χ1) is 7.79. The third-order valence-corrected chi connectivity index (χ3v) is 3.34. The molecule has 1 aliphatic heterocycles. The van der Waals surface area contributed by atoms with Gasteiger partial charge in [-0.05, 0) is 31.4 Å². The van der Waals surface area contributed by atoms with Gasteiger partial charge in [0.25, 0.3) is 0 Å². The summed E-state index contributed by atoms with van der Waals surface area (Å²) in [5.74, 6) is 1.12. The fraction of sp³-hybridized carbons (Fsp3) is 0.600. The van der Waals surface area contributed by atoms with Gasteiger partial charge in [0, 0.05) is 6.42 Å². The zero-order chi connectivity index (χ0) is 11.4. The Hall–Kier alpha value is -0.980. The molecule has 0 fully saturated rings. The van der Waals surface area contributed by atoms with Gasteiger partial charge in [0.1, 0.15) is 11.9 Å². The minimum atomic E-state index is 0.439. The molecule has 1 unspecified atom stereocenters. The predicted molar refractivity (Wildman–Crippen MR) is 68.1 cm³/mol. The lowest BCUT2D eigenvalue weighted by molar-refractivity contribution is 0.216. The van der Waals surface area contributed by atoms with Crippen LogP contribution in [-0.4, -0.2) is 6.10 Å². The van der Waals surface area contributed by atoms with E-state index in [0.717, 1.165) is 12.2 Å². The minimum Gasteiger partial charge on any atom is -0.490 e. The average molecular weight is 218 g/mol. The van der Waals surface area contributed by atoms with E-state index < -0.39 is 0 Å². The summed E-state index contributed by atoms with van der Waals surface area (Å²) in [4.78, 5) is 0. The quantitative estimate of drug-likeness (QED) is 0.671. The van der Waals surface area contributed by atoms with E-state index in [4.69, 9.17) is 4.74 Å². The molecule has 0 aliphatic carbocycles. The van der Waals surface area contributed by atoms with E-state index in [2.05, 4.69) is 32.0 Å². The molecule has 1 nitrogen and oxygen atoms in total. The van der Waals surface area contributed by atoms with Crippen molar-refractivity contribution in [1.82, 2.24) is 0 Å². The van der Waals surface area contributed by atoms with E-state index >= 15 is 0 Å². The van der Waals surface area contributed by atoms with Crippen LogP contribution in [0.2, 0.25) is 0 Å². The number of benzene rings is 1. The molecule has 0 radical (unpaired) electrons. The van der Waals surface area contributed by atoms with Gasteiger partial charge in [-0.15, -0.1) is 0 Å². The van der Waals surface area contributed by atoms with Crippen LogP contribution in [0.1, 0.15) is 50.2 Å². The molecule has 1 heteroatoms. The molecule has 1 aromatic carbocycles. The summed E-state index contributed by atoms with van der Waals surface area (Å²) in [5.41, 5.74) is 2.74. The molecule has 0 saturated carbocycles. The molecule has 1 aromatic rings. The number of rotatable bonds is 5. The van der Waals surface area contributed by atoms with Gasteiger partial charge in [0.2, 0.25) is 0 Å². The lowest BCUT2D eigenvalue weighted by Crippen LogP contribution is -2.12. The van der Waals surface area contributed by atoms with Crippen LogP contribution in [0.15, 0.2) is 18.2 Å². The highest BCUT2D eigenvalue weighted by Crippen LogP contribution is 2.31. The summed E-state index contributed by atoms with van der Waals surface area (Å²) in [6.45, 7) is 4.40. The van der Waals surface area contributed by atoms with E-state index in [-0.39, 0.29) is 0 Å². The smallest absolute Gasteiger partial charge is 0.123 e. The first-order valence-corrected chi connectivity index (χ1v) is 6.56. The Labute approximate surface area is 98.8 Å². The van der Waals surface area contributed by atoms with Gasteiger partial charge in [-0.25, -0.2) is 0 Å². The predicted octanol–water partition coefficient (Wildman–Crippen LogP) is 4.27. The van der Waals surface area contributed by atoms with E-state index in [0.29, 0.717) is 6.10 Å². The van der Waals surface area contributed by atoms with Crippen LogP contribution in [-0.2, 0) is 6.42 Å². The molecule has 0 saturated heterocycles. The zero-order valence-electron chi connectivity index (χ0n) is 10.5. The maximum atomic E-state index is 5.94. The molecule has 0 bridgehead atoms. The summed E-state index contributed by atoms with van der Waals surface area (Å²) in [6.07, 6.45) is 8.10. The van der Waals surface area contributed by atoms with Crippen molar-refractivity contribution in [3.63, 3.8) is 0 Å². The van der Waals surface area contributed by atoms with E-state index in [1.165, 1.54) is 43.2 Å². The molecule has 0 amide bonds. The second kappa shape index (κ2) is 5.38.